The van der Waals surface area contributed by atoms with Crippen LogP contribution in [0.25, 0.3) is 10.6 Å². The van der Waals surface area contributed by atoms with Gasteiger partial charge in [0.2, 0.25) is 5.91 Å². The van der Waals surface area contributed by atoms with E-state index in [4.69, 9.17) is 4.74 Å². The van der Waals surface area contributed by atoms with Crippen molar-refractivity contribution in [1.29, 1.82) is 0 Å². The van der Waals surface area contributed by atoms with Gasteiger partial charge in [0.15, 0.2) is 0 Å². The van der Waals surface area contributed by atoms with Crippen molar-refractivity contribution in [2.24, 2.45) is 0 Å². The molecule has 1 N–H and O–H groups in total. The average molecular weight is 408 g/mol. The van der Waals surface area contributed by atoms with Gasteiger partial charge in [0, 0.05) is 30.4 Å². The van der Waals surface area contributed by atoms with Gasteiger partial charge < -0.3 is 15.0 Å². The molecule has 0 bridgehead atoms. The Morgan fingerprint density at radius 3 is 2.81 bits per heavy atom. The summed E-state index contributed by atoms with van der Waals surface area (Å²) in [5.74, 6) is 0.0627. The number of thiophene rings is 1. The van der Waals surface area contributed by atoms with E-state index in [9.17, 15) is 9.59 Å². The lowest BCUT2D eigenvalue weighted by Gasteiger charge is -2.31. The molecule has 6 nitrogen and oxygen atoms in total. The molecule has 0 spiro atoms. The second kappa shape index (κ2) is 9.32. The first kappa shape index (κ1) is 19.8. The van der Waals surface area contributed by atoms with E-state index in [-0.39, 0.29) is 18.0 Å². The van der Waals surface area contributed by atoms with Gasteiger partial charge in [-0.15, -0.1) is 22.7 Å². The number of aromatic nitrogens is 1. The van der Waals surface area contributed by atoms with Gasteiger partial charge in [0.1, 0.15) is 0 Å². The molecule has 0 atom stereocenters. The van der Waals surface area contributed by atoms with Gasteiger partial charge >= 0.3 is 6.09 Å². The third-order valence-electron chi connectivity index (χ3n) is 4.52. The van der Waals surface area contributed by atoms with Crippen LogP contribution < -0.4 is 5.32 Å². The lowest BCUT2D eigenvalue weighted by molar-refractivity contribution is -0.122. The standard InChI is InChI=1S/C19H25N3O3S2/c1-3-25-19(24)22-10-8-14(9-11-22)21-17(23)7-6-16-18(20-13(2)27-16)15-5-4-12-26-15/h4-5,12,14H,3,6-11H2,1-2H3,(H,21,23). The molecule has 0 aliphatic carbocycles. The van der Waals surface area contributed by atoms with Crippen LogP contribution >= 0.6 is 22.7 Å². The molecule has 1 aliphatic rings. The minimum atomic E-state index is -0.260. The van der Waals surface area contributed by atoms with Crippen molar-refractivity contribution in [3.63, 3.8) is 0 Å². The molecular formula is C19H25N3O3S2. The van der Waals surface area contributed by atoms with Crippen LogP contribution in [0, 0.1) is 6.92 Å². The molecule has 1 fully saturated rings. The molecule has 3 rings (SSSR count). The summed E-state index contributed by atoms with van der Waals surface area (Å²) in [5.41, 5.74) is 1.02. The van der Waals surface area contributed by atoms with Crippen molar-refractivity contribution >= 4 is 34.7 Å². The molecule has 0 radical (unpaired) electrons. The number of aryl methyl sites for hydroxylation is 2. The number of rotatable bonds is 6. The molecule has 146 valence electrons. The predicted octanol–water partition coefficient (Wildman–Crippen LogP) is 3.85. The number of nitrogens with one attached hydrogen (secondary N) is 1. The Labute approximate surface area is 167 Å². The van der Waals surface area contributed by atoms with E-state index in [1.807, 2.05) is 18.4 Å². The summed E-state index contributed by atoms with van der Waals surface area (Å²) in [4.78, 5) is 32.8. The second-order valence-corrected chi connectivity index (χ2v) is 8.75. The molecule has 8 heteroatoms. The van der Waals surface area contributed by atoms with Crippen molar-refractivity contribution in [2.75, 3.05) is 19.7 Å². The Bertz CT molecular complexity index is 765. The van der Waals surface area contributed by atoms with Crippen LogP contribution in [0.5, 0.6) is 0 Å². The third kappa shape index (κ3) is 5.29. The number of piperidine rings is 1. The maximum atomic E-state index is 12.4. The van der Waals surface area contributed by atoms with Crippen LogP contribution in [-0.2, 0) is 16.0 Å². The maximum Gasteiger partial charge on any atom is 0.409 e. The van der Waals surface area contributed by atoms with Crippen molar-refractivity contribution in [3.8, 4) is 10.6 Å². The zero-order valence-corrected chi connectivity index (χ0v) is 17.3. The monoisotopic (exact) mass is 407 g/mol. The van der Waals surface area contributed by atoms with Crippen LogP contribution in [0.2, 0.25) is 0 Å². The van der Waals surface area contributed by atoms with Crippen LogP contribution in [-0.4, -0.2) is 47.6 Å². The number of likely N-dealkylation sites (tertiary alicyclic amines) is 1. The normalized spacial score (nSPS) is 15.0. The molecule has 2 amide bonds. The Hall–Kier alpha value is -1.93. The molecule has 1 aliphatic heterocycles. The lowest BCUT2D eigenvalue weighted by atomic mass is 10.0. The molecule has 1 saturated heterocycles. The van der Waals surface area contributed by atoms with Crippen LogP contribution in [0.15, 0.2) is 17.5 Å². The summed E-state index contributed by atoms with van der Waals surface area (Å²) in [6.07, 6.45) is 2.43. The van der Waals surface area contributed by atoms with Crippen LogP contribution in [0.1, 0.15) is 36.1 Å². The number of hydrogen-bond acceptors (Lipinski definition) is 6. The minimum absolute atomic E-state index is 0.0627. The number of ether oxygens (including phenoxy) is 1. The highest BCUT2D eigenvalue weighted by molar-refractivity contribution is 7.15. The Balaban J connectivity index is 1.47. The van der Waals surface area contributed by atoms with Gasteiger partial charge in [-0.2, -0.15) is 0 Å². The van der Waals surface area contributed by atoms with E-state index in [0.29, 0.717) is 32.5 Å². The zero-order valence-electron chi connectivity index (χ0n) is 15.7. The summed E-state index contributed by atoms with van der Waals surface area (Å²) in [6, 6.07) is 4.22. The molecule has 2 aromatic heterocycles. The van der Waals surface area contributed by atoms with Crippen LogP contribution in [0.3, 0.4) is 0 Å². The van der Waals surface area contributed by atoms with Gasteiger partial charge in [-0.1, -0.05) is 6.07 Å². The third-order valence-corrected chi connectivity index (χ3v) is 6.43. The summed E-state index contributed by atoms with van der Waals surface area (Å²) >= 11 is 3.34. The zero-order chi connectivity index (χ0) is 19.2. The number of hydrogen-bond donors (Lipinski definition) is 1. The van der Waals surface area contributed by atoms with E-state index < -0.39 is 0 Å². The average Bonchev–Trinajstić information content (AvgIpc) is 3.30. The Morgan fingerprint density at radius 1 is 1.37 bits per heavy atom. The van der Waals surface area contributed by atoms with Gasteiger partial charge in [-0.05, 0) is 44.6 Å². The molecule has 0 saturated carbocycles. The van der Waals surface area contributed by atoms with E-state index >= 15 is 0 Å². The van der Waals surface area contributed by atoms with Crippen LogP contribution in [0.4, 0.5) is 4.79 Å². The fraction of sp³-hybridized carbons (Fsp3) is 0.526. The molecule has 3 heterocycles. The Morgan fingerprint density at radius 2 is 2.15 bits per heavy atom. The highest BCUT2D eigenvalue weighted by Crippen LogP contribution is 2.32. The van der Waals surface area contributed by atoms with Crippen molar-refractivity contribution in [2.45, 2.75) is 45.6 Å². The summed E-state index contributed by atoms with van der Waals surface area (Å²) in [6.45, 7) is 5.45. The van der Waals surface area contributed by atoms with E-state index in [1.165, 1.54) is 4.88 Å². The van der Waals surface area contributed by atoms with E-state index in [0.717, 1.165) is 28.4 Å². The van der Waals surface area contributed by atoms with Gasteiger partial charge in [0.25, 0.3) is 0 Å². The number of thiazole rings is 1. The van der Waals surface area contributed by atoms with Gasteiger partial charge in [-0.3, -0.25) is 4.79 Å². The van der Waals surface area contributed by atoms with Gasteiger partial charge in [0.05, 0.1) is 22.2 Å². The number of carbonyl (C=O) groups is 2. The molecule has 0 unspecified atom stereocenters. The first-order valence-electron chi connectivity index (χ1n) is 9.28. The van der Waals surface area contributed by atoms with Crippen molar-refractivity contribution in [1.82, 2.24) is 15.2 Å². The molecule has 2 aromatic rings. The van der Waals surface area contributed by atoms with Crippen molar-refractivity contribution < 1.29 is 14.3 Å². The predicted molar refractivity (Wildman–Crippen MR) is 108 cm³/mol. The number of amides is 2. The number of nitrogens with zero attached hydrogens (tertiary/aromatic N) is 2. The van der Waals surface area contributed by atoms with Crippen molar-refractivity contribution in [3.05, 3.63) is 27.4 Å². The summed E-state index contributed by atoms with van der Waals surface area (Å²) < 4.78 is 5.02. The van der Waals surface area contributed by atoms with E-state index in [1.54, 1.807) is 34.5 Å². The fourth-order valence-electron chi connectivity index (χ4n) is 3.19. The Kier molecular flexibility index (Phi) is 6.84. The quantitative estimate of drug-likeness (QED) is 0.789. The fourth-order valence-corrected chi connectivity index (χ4v) is 4.95. The second-order valence-electron chi connectivity index (χ2n) is 6.51. The topological polar surface area (TPSA) is 71.5 Å². The highest BCUT2D eigenvalue weighted by Gasteiger charge is 2.24. The highest BCUT2D eigenvalue weighted by atomic mass is 32.1. The smallest absolute Gasteiger partial charge is 0.409 e. The summed E-state index contributed by atoms with van der Waals surface area (Å²) in [5, 5.41) is 6.18. The first-order chi connectivity index (χ1) is 13.1. The lowest BCUT2D eigenvalue weighted by Crippen LogP contribution is -2.46. The number of carbonyl (C=O) groups excluding carboxylic acids is 2. The molecular weight excluding hydrogens is 382 g/mol. The molecule has 0 aromatic carbocycles. The molecule has 27 heavy (non-hydrogen) atoms. The maximum absolute atomic E-state index is 12.4. The minimum Gasteiger partial charge on any atom is -0.450 e. The SMILES string of the molecule is CCOC(=O)N1CCC(NC(=O)CCc2sc(C)nc2-c2cccs2)CC1. The first-order valence-corrected chi connectivity index (χ1v) is 11.0. The van der Waals surface area contributed by atoms with Gasteiger partial charge in [-0.25, -0.2) is 9.78 Å². The largest absolute Gasteiger partial charge is 0.450 e. The summed E-state index contributed by atoms with van der Waals surface area (Å²) in [7, 11) is 0. The van der Waals surface area contributed by atoms with E-state index in [2.05, 4.69) is 16.4 Å².